The Kier molecular flexibility index (Phi) is 5.10. The summed E-state index contributed by atoms with van der Waals surface area (Å²) >= 11 is 0.940. The highest BCUT2D eigenvalue weighted by Gasteiger charge is 2.36. The van der Waals surface area contributed by atoms with Crippen molar-refractivity contribution >= 4 is 28.8 Å². The number of phenols is 1. The summed E-state index contributed by atoms with van der Waals surface area (Å²) in [6.45, 7) is 4.73. The molecule has 156 valence electrons. The maximum absolute atomic E-state index is 12.7. The zero-order chi connectivity index (χ0) is 21.5. The predicted octanol–water partition coefficient (Wildman–Crippen LogP) is 3.48. The maximum atomic E-state index is 12.7. The molecule has 3 unspecified atom stereocenters. The Morgan fingerprint density at radius 2 is 2.00 bits per heavy atom. The lowest BCUT2D eigenvalue weighted by molar-refractivity contribution is -0.118. The highest BCUT2D eigenvalue weighted by atomic mass is 32.2. The van der Waals surface area contributed by atoms with Gasteiger partial charge in [-0.15, -0.1) is 0 Å². The van der Waals surface area contributed by atoms with Crippen molar-refractivity contribution in [3.63, 3.8) is 0 Å². The molecule has 1 saturated heterocycles. The number of imide groups is 1. The summed E-state index contributed by atoms with van der Waals surface area (Å²) in [5.41, 5.74) is 1.89. The fourth-order valence-electron chi connectivity index (χ4n) is 4.32. The molecule has 2 aliphatic carbocycles. The Bertz CT molecular complexity index is 1030. The van der Waals surface area contributed by atoms with Crippen molar-refractivity contribution in [3.8, 4) is 5.75 Å². The molecule has 1 aliphatic heterocycles. The number of rotatable bonds is 5. The van der Waals surface area contributed by atoms with Gasteiger partial charge in [0.1, 0.15) is 5.75 Å². The first-order valence-electron chi connectivity index (χ1n) is 9.88. The average Bonchev–Trinajstić information content (AvgIpc) is 3.11. The molecule has 4 rings (SSSR count). The Balaban J connectivity index is 1.45. The van der Waals surface area contributed by atoms with Crippen LogP contribution in [0.15, 0.2) is 54.2 Å². The van der Waals surface area contributed by atoms with Crippen LogP contribution in [-0.2, 0) is 11.2 Å². The van der Waals surface area contributed by atoms with E-state index in [1.165, 1.54) is 6.07 Å². The van der Waals surface area contributed by atoms with E-state index in [-0.39, 0.29) is 39.2 Å². The van der Waals surface area contributed by atoms with E-state index in [1.807, 2.05) is 0 Å². The van der Waals surface area contributed by atoms with Gasteiger partial charge in [0.2, 0.25) is 5.91 Å². The van der Waals surface area contributed by atoms with Gasteiger partial charge in [-0.2, -0.15) is 0 Å². The van der Waals surface area contributed by atoms with Crippen LogP contribution in [0.25, 0.3) is 0 Å². The number of carbonyl (C=O) groups excluding carboxylic acids is 3. The Morgan fingerprint density at radius 3 is 2.73 bits per heavy atom. The van der Waals surface area contributed by atoms with Gasteiger partial charge in [0, 0.05) is 17.4 Å². The first kappa shape index (κ1) is 20.5. The minimum atomic E-state index is -0.523. The lowest BCUT2D eigenvalue weighted by Gasteiger charge is -2.22. The molecule has 6 nitrogen and oxygen atoms in total. The van der Waals surface area contributed by atoms with E-state index in [1.54, 1.807) is 12.1 Å². The SMILES string of the molecule is CC12C=CC(CNC(=O)c3cc(CC4SC(=O)NC4=O)ccc3O)=CC(C)(C=C1)C2. The third-order valence-electron chi connectivity index (χ3n) is 5.75. The first-order chi connectivity index (χ1) is 14.1. The zero-order valence-electron chi connectivity index (χ0n) is 16.9. The summed E-state index contributed by atoms with van der Waals surface area (Å²) in [6.07, 6.45) is 12.2. The van der Waals surface area contributed by atoms with Crippen LogP contribution in [-0.4, -0.2) is 34.0 Å². The normalized spacial score (nSPS) is 29.5. The molecule has 7 heteroatoms. The summed E-state index contributed by atoms with van der Waals surface area (Å²) in [5.74, 6) is -0.839. The van der Waals surface area contributed by atoms with Gasteiger partial charge in [-0.3, -0.25) is 19.7 Å². The van der Waals surface area contributed by atoms with Crippen LogP contribution in [0.2, 0.25) is 0 Å². The van der Waals surface area contributed by atoms with E-state index in [0.29, 0.717) is 18.5 Å². The molecule has 2 bridgehead atoms. The molecule has 0 radical (unpaired) electrons. The first-order valence-corrected chi connectivity index (χ1v) is 10.8. The van der Waals surface area contributed by atoms with Crippen molar-refractivity contribution in [3.05, 3.63) is 65.3 Å². The van der Waals surface area contributed by atoms with Crippen LogP contribution in [0.1, 0.15) is 36.2 Å². The molecule has 3 N–H and O–H groups in total. The van der Waals surface area contributed by atoms with Crippen molar-refractivity contribution in [2.45, 2.75) is 31.9 Å². The topological polar surface area (TPSA) is 95.5 Å². The molecule has 0 saturated carbocycles. The summed E-state index contributed by atoms with van der Waals surface area (Å²) in [7, 11) is 0. The number of hydrogen-bond acceptors (Lipinski definition) is 5. The molecule has 0 spiro atoms. The number of amides is 3. The predicted molar refractivity (Wildman–Crippen MR) is 116 cm³/mol. The fraction of sp³-hybridized carbons (Fsp3) is 0.348. The van der Waals surface area contributed by atoms with Gasteiger partial charge in [-0.25, -0.2) is 0 Å². The number of aromatic hydroxyl groups is 1. The van der Waals surface area contributed by atoms with Gasteiger partial charge in [0.25, 0.3) is 11.1 Å². The second-order valence-corrected chi connectivity index (χ2v) is 9.87. The minimum Gasteiger partial charge on any atom is -0.507 e. The van der Waals surface area contributed by atoms with E-state index >= 15 is 0 Å². The molecule has 1 heterocycles. The fourth-order valence-corrected chi connectivity index (χ4v) is 5.18. The van der Waals surface area contributed by atoms with Gasteiger partial charge in [-0.05, 0) is 36.1 Å². The van der Waals surface area contributed by atoms with Crippen molar-refractivity contribution < 1.29 is 19.5 Å². The maximum Gasteiger partial charge on any atom is 0.286 e. The van der Waals surface area contributed by atoms with E-state index in [0.717, 1.165) is 23.8 Å². The summed E-state index contributed by atoms with van der Waals surface area (Å²) in [6, 6.07) is 4.68. The number of allylic oxidation sites excluding steroid dienone is 4. The molecule has 1 aromatic rings. The van der Waals surface area contributed by atoms with E-state index in [9.17, 15) is 19.5 Å². The number of fused-ring (bicyclic) bond motifs is 2. The second-order valence-electron chi connectivity index (χ2n) is 8.70. The number of benzene rings is 1. The molecule has 30 heavy (non-hydrogen) atoms. The summed E-state index contributed by atoms with van der Waals surface area (Å²) < 4.78 is 0. The third kappa shape index (κ3) is 4.21. The number of thioether (sulfide) groups is 1. The van der Waals surface area contributed by atoms with E-state index in [2.05, 4.69) is 54.9 Å². The van der Waals surface area contributed by atoms with Gasteiger partial charge in [0.15, 0.2) is 0 Å². The number of phenolic OH excluding ortho intramolecular Hbond substituents is 1. The lowest BCUT2D eigenvalue weighted by atomic mass is 9.81. The molecule has 3 aliphatic rings. The highest BCUT2D eigenvalue weighted by Crippen LogP contribution is 2.47. The van der Waals surface area contributed by atoms with Crippen LogP contribution in [0.3, 0.4) is 0 Å². The van der Waals surface area contributed by atoms with E-state index < -0.39 is 5.25 Å². The molecular formula is C23H24N2O4S. The Labute approximate surface area is 179 Å². The largest absolute Gasteiger partial charge is 0.507 e. The van der Waals surface area contributed by atoms with Crippen molar-refractivity contribution in [2.24, 2.45) is 10.8 Å². The zero-order valence-corrected chi connectivity index (χ0v) is 17.7. The number of hydrogen-bond donors (Lipinski definition) is 3. The lowest BCUT2D eigenvalue weighted by Crippen LogP contribution is -2.27. The van der Waals surface area contributed by atoms with E-state index in [4.69, 9.17) is 0 Å². The third-order valence-corrected chi connectivity index (χ3v) is 6.73. The number of carbonyl (C=O) groups is 3. The van der Waals surface area contributed by atoms with Gasteiger partial charge in [0.05, 0.1) is 10.8 Å². The minimum absolute atomic E-state index is 0.0304. The van der Waals surface area contributed by atoms with Crippen molar-refractivity contribution in [1.29, 1.82) is 0 Å². The van der Waals surface area contributed by atoms with Crippen LogP contribution < -0.4 is 10.6 Å². The number of nitrogens with one attached hydrogen (secondary N) is 2. The van der Waals surface area contributed by atoms with Gasteiger partial charge in [-0.1, -0.05) is 62.1 Å². The quantitative estimate of drug-likeness (QED) is 0.629. The van der Waals surface area contributed by atoms with Crippen LogP contribution in [0.4, 0.5) is 4.79 Å². The molecule has 1 fully saturated rings. The van der Waals surface area contributed by atoms with Crippen molar-refractivity contribution in [1.82, 2.24) is 10.6 Å². The molecule has 0 aromatic heterocycles. The Hall–Kier alpha value is -2.80. The van der Waals surface area contributed by atoms with Crippen molar-refractivity contribution in [2.75, 3.05) is 6.54 Å². The van der Waals surface area contributed by atoms with Gasteiger partial charge < -0.3 is 10.4 Å². The molecule has 3 amide bonds. The molecular weight excluding hydrogens is 400 g/mol. The smallest absolute Gasteiger partial charge is 0.286 e. The Morgan fingerprint density at radius 1 is 1.23 bits per heavy atom. The molecule has 1 aromatic carbocycles. The van der Waals surface area contributed by atoms with Crippen LogP contribution in [0, 0.1) is 10.8 Å². The average molecular weight is 425 g/mol. The van der Waals surface area contributed by atoms with Crippen LogP contribution in [0.5, 0.6) is 5.75 Å². The molecule has 3 atom stereocenters. The monoisotopic (exact) mass is 424 g/mol. The second kappa shape index (κ2) is 7.47. The summed E-state index contributed by atoms with van der Waals surface area (Å²) in [4.78, 5) is 35.9. The standard InChI is InChI=1S/C23H24N2O4S/c1-22-6-5-15(11-23(2,13-22)8-7-22)12-24-19(27)16-9-14(3-4-17(16)26)10-18-20(28)25-21(29)30-18/h3-9,11,18,26H,10,12-13H2,1-2H3,(H,24,27)(H,25,28,29). The highest BCUT2D eigenvalue weighted by molar-refractivity contribution is 8.15. The van der Waals surface area contributed by atoms with Gasteiger partial charge >= 0.3 is 0 Å². The summed E-state index contributed by atoms with van der Waals surface area (Å²) in [5, 5.41) is 14.4. The van der Waals surface area contributed by atoms with Crippen LogP contribution >= 0.6 is 11.8 Å².